The number of hydrogen-bond acceptors (Lipinski definition) is 5. The molecule has 3 heterocycles. The quantitative estimate of drug-likeness (QED) is 0.674. The van der Waals surface area contributed by atoms with E-state index in [2.05, 4.69) is 31.0 Å². The van der Waals surface area contributed by atoms with Crippen molar-refractivity contribution in [2.24, 2.45) is 0 Å². The molecular weight excluding hydrogens is 320 g/mol. The Hall–Kier alpha value is -3.16. The lowest BCUT2D eigenvalue weighted by atomic mass is 10.1. The third kappa shape index (κ3) is 2.75. The number of nitrogens with one attached hydrogen (secondary N) is 1. The lowest BCUT2D eigenvalue weighted by Crippen LogP contribution is -2.08. The summed E-state index contributed by atoms with van der Waals surface area (Å²) in [6.45, 7) is 0. The van der Waals surface area contributed by atoms with E-state index in [1.54, 1.807) is 12.3 Å². The maximum Gasteiger partial charge on any atom is 0.410 e. The van der Waals surface area contributed by atoms with Crippen LogP contribution in [0.25, 0.3) is 22.2 Å². The number of amides is 1. The first-order valence-corrected chi connectivity index (χ1v) is 8.21. The highest BCUT2D eigenvalue weighted by Gasteiger charge is 2.23. The van der Waals surface area contributed by atoms with E-state index in [0.717, 1.165) is 35.0 Å². The van der Waals surface area contributed by atoms with Crippen LogP contribution in [0.2, 0.25) is 0 Å². The first-order valence-electron chi connectivity index (χ1n) is 8.21. The number of pyridine rings is 1. The van der Waals surface area contributed by atoms with Gasteiger partial charge >= 0.3 is 6.09 Å². The standard InChI is InChI=1S/C17H18N6O2/c18-15-14-12(10-5-6-13(19-7-10)22-17(24)25)8-23(11-3-1-2-4-11)16(14)21-9-20-15/h5-9,11H,1-4H2,(H,19,22)(H,24,25)(H2,18,20,21). The fraction of sp³-hybridized carbons (Fsp3) is 0.294. The summed E-state index contributed by atoms with van der Waals surface area (Å²) in [5, 5.41) is 11.8. The van der Waals surface area contributed by atoms with Gasteiger partial charge in [-0.05, 0) is 25.0 Å². The highest BCUT2D eigenvalue weighted by atomic mass is 16.4. The second-order valence-corrected chi connectivity index (χ2v) is 6.21. The molecular formula is C17H18N6O2. The number of nitrogens with zero attached hydrogens (tertiary/aromatic N) is 4. The summed E-state index contributed by atoms with van der Waals surface area (Å²) >= 11 is 0. The van der Waals surface area contributed by atoms with Gasteiger partial charge in [0.1, 0.15) is 23.6 Å². The Morgan fingerprint density at radius 3 is 2.72 bits per heavy atom. The van der Waals surface area contributed by atoms with Crippen LogP contribution in [-0.2, 0) is 0 Å². The van der Waals surface area contributed by atoms with Gasteiger partial charge in [-0.3, -0.25) is 5.32 Å². The van der Waals surface area contributed by atoms with Crippen molar-refractivity contribution in [3.63, 3.8) is 0 Å². The number of hydrogen-bond donors (Lipinski definition) is 3. The Labute approximate surface area is 143 Å². The number of nitrogen functional groups attached to an aromatic ring is 1. The van der Waals surface area contributed by atoms with Gasteiger partial charge in [0.05, 0.1) is 5.39 Å². The Kier molecular flexibility index (Phi) is 3.72. The fourth-order valence-electron chi connectivity index (χ4n) is 3.52. The summed E-state index contributed by atoms with van der Waals surface area (Å²) in [4.78, 5) is 23.4. The average molecular weight is 338 g/mol. The number of fused-ring (bicyclic) bond motifs is 1. The highest BCUT2D eigenvalue weighted by Crippen LogP contribution is 2.38. The summed E-state index contributed by atoms with van der Waals surface area (Å²) in [6, 6.07) is 3.87. The number of anilines is 2. The van der Waals surface area contributed by atoms with Gasteiger partial charge in [-0.2, -0.15) is 0 Å². The van der Waals surface area contributed by atoms with E-state index in [1.165, 1.54) is 19.2 Å². The predicted octanol–water partition coefficient (Wildman–Crippen LogP) is 3.28. The van der Waals surface area contributed by atoms with Crippen molar-refractivity contribution in [2.45, 2.75) is 31.7 Å². The molecule has 0 radical (unpaired) electrons. The first-order chi connectivity index (χ1) is 12.1. The molecule has 0 aromatic carbocycles. The molecule has 0 bridgehead atoms. The Balaban J connectivity index is 1.82. The minimum atomic E-state index is -1.14. The van der Waals surface area contributed by atoms with Crippen LogP contribution >= 0.6 is 0 Å². The minimum Gasteiger partial charge on any atom is -0.465 e. The Morgan fingerprint density at radius 2 is 2.04 bits per heavy atom. The van der Waals surface area contributed by atoms with Crippen LogP contribution in [0.3, 0.4) is 0 Å². The van der Waals surface area contributed by atoms with E-state index in [0.29, 0.717) is 11.9 Å². The first kappa shape index (κ1) is 15.4. The zero-order valence-corrected chi connectivity index (χ0v) is 13.5. The normalized spacial score (nSPS) is 14.9. The molecule has 1 fully saturated rings. The molecule has 25 heavy (non-hydrogen) atoms. The topological polar surface area (TPSA) is 119 Å². The summed E-state index contributed by atoms with van der Waals surface area (Å²) in [7, 11) is 0. The van der Waals surface area contributed by atoms with Crippen molar-refractivity contribution in [1.82, 2.24) is 19.5 Å². The van der Waals surface area contributed by atoms with E-state index in [1.807, 2.05) is 6.07 Å². The second kappa shape index (κ2) is 6.04. The molecule has 1 saturated carbocycles. The third-order valence-corrected chi connectivity index (χ3v) is 4.67. The number of carboxylic acid groups (broad SMARTS) is 1. The largest absolute Gasteiger partial charge is 0.465 e. The predicted molar refractivity (Wildman–Crippen MR) is 94.3 cm³/mol. The number of carbonyl (C=O) groups is 1. The molecule has 0 spiro atoms. The molecule has 0 unspecified atom stereocenters. The maximum absolute atomic E-state index is 10.7. The molecule has 3 aromatic rings. The lowest BCUT2D eigenvalue weighted by molar-refractivity contribution is 0.209. The molecule has 4 rings (SSSR count). The molecule has 1 aliphatic rings. The molecule has 128 valence electrons. The van der Waals surface area contributed by atoms with Crippen molar-refractivity contribution in [2.75, 3.05) is 11.1 Å². The van der Waals surface area contributed by atoms with Gasteiger partial charge in [0.25, 0.3) is 0 Å². The zero-order chi connectivity index (χ0) is 17.4. The number of aromatic nitrogens is 4. The molecule has 0 atom stereocenters. The Morgan fingerprint density at radius 1 is 1.24 bits per heavy atom. The van der Waals surface area contributed by atoms with Crippen molar-refractivity contribution in [3.8, 4) is 11.1 Å². The van der Waals surface area contributed by atoms with Crippen LogP contribution < -0.4 is 11.1 Å². The molecule has 1 amide bonds. The Bertz CT molecular complexity index is 928. The fourth-order valence-corrected chi connectivity index (χ4v) is 3.52. The molecule has 8 nitrogen and oxygen atoms in total. The van der Waals surface area contributed by atoms with Gasteiger partial charge in [0.15, 0.2) is 0 Å². The molecule has 0 aliphatic heterocycles. The smallest absolute Gasteiger partial charge is 0.410 e. The summed E-state index contributed by atoms with van der Waals surface area (Å²) in [6.07, 6.45) is 8.74. The van der Waals surface area contributed by atoms with E-state index in [-0.39, 0.29) is 5.82 Å². The maximum atomic E-state index is 10.7. The van der Waals surface area contributed by atoms with E-state index in [4.69, 9.17) is 10.8 Å². The van der Waals surface area contributed by atoms with Crippen molar-refractivity contribution < 1.29 is 9.90 Å². The lowest BCUT2D eigenvalue weighted by Gasteiger charge is -2.12. The van der Waals surface area contributed by atoms with Gasteiger partial charge < -0.3 is 15.4 Å². The van der Waals surface area contributed by atoms with E-state index in [9.17, 15) is 4.79 Å². The molecule has 0 saturated heterocycles. The molecule has 8 heteroatoms. The zero-order valence-electron chi connectivity index (χ0n) is 13.5. The van der Waals surface area contributed by atoms with E-state index < -0.39 is 6.09 Å². The molecule has 4 N–H and O–H groups in total. The number of rotatable bonds is 3. The van der Waals surface area contributed by atoms with Crippen LogP contribution in [-0.4, -0.2) is 30.7 Å². The van der Waals surface area contributed by atoms with Gasteiger partial charge in [-0.1, -0.05) is 12.8 Å². The van der Waals surface area contributed by atoms with Gasteiger partial charge in [-0.25, -0.2) is 19.7 Å². The molecule has 3 aromatic heterocycles. The highest BCUT2D eigenvalue weighted by molar-refractivity contribution is 6.00. The average Bonchev–Trinajstić information content (AvgIpc) is 3.23. The monoisotopic (exact) mass is 338 g/mol. The van der Waals surface area contributed by atoms with Gasteiger partial charge in [0, 0.05) is 29.6 Å². The summed E-state index contributed by atoms with van der Waals surface area (Å²) in [5.41, 5.74) is 8.72. The SMILES string of the molecule is Nc1ncnc2c1c(-c1ccc(NC(=O)O)nc1)cn2C1CCCC1. The summed E-state index contributed by atoms with van der Waals surface area (Å²) in [5.74, 6) is 0.712. The van der Waals surface area contributed by atoms with Crippen LogP contribution in [0, 0.1) is 0 Å². The van der Waals surface area contributed by atoms with Gasteiger partial charge in [-0.15, -0.1) is 0 Å². The summed E-state index contributed by atoms with van der Waals surface area (Å²) < 4.78 is 2.19. The van der Waals surface area contributed by atoms with Crippen LogP contribution in [0.15, 0.2) is 30.9 Å². The van der Waals surface area contributed by atoms with Crippen LogP contribution in [0.5, 0.6) is 0 Å². The van der Waals surface area contributed by atoms with Crippen molar-refractivity contribution in [3.05, 3.63) is 30.9 Å². The van der Waals surface area contributed by atoms with Crippen molar-refractivity contribution in [1.29, 1.82) is 0 Å². The van der Waals surface area contributed by atoms with Crippen LogP contribution in [0.1, 0.15) is 31.7 Å². The van der Waals surface area contributed by atoms with E-state index >= 15 is 0 Å². The van der Waals surface area contributed by atoms with Crippen LogP contribution in [0.4, 0.5) is 16.4 Å². The third-order valence-electron chi connectivity index (χ3n) is 4.67. The van der Waals surface area contributed by atoms with Crippen molar-refractivity contribution >= 4 is 28.8 Å². The number of nitrogens with two attached hydrogens (primary N) is 1. The second-order valence-electron chi connectivity index (χ2n) is 6.21. The minimum absolute atomic E-state index is 0.278. The molecule has 1 aliphatic carbocycles. The van der Waals surface area contributed by atoms with Gasteiger partial charge in [0.2, 0.25) is 0 Å².